The van der Waals surface area contributed by atoms with E-state index in [4.69, 9.17) is 5.73 Å². The Balaban J connectivity index is 2.13. The summed E-state index contributed by atoms with van der Waals surface area (Å²) in [5.74, 6) is -2.06. The van der Waals surface area contributed by atoms with Gasteiger partial charge < -0.3 is 57.6 Å². The number of carbonyl (C=O) groups is 3. The first kappa shape index (κ1) is 27.5. The summed E-state index contributed by atoms with van der Waals surface area (Å²) in [5.41, 5.74) is 5.58. The van der Waals surface area contributed by atoms with Crippen LogP contribution in [0.15, 0.2) is 4.99 Å². The number of aliphatic hydroxyl groups is 5. The summed E-state index contributed by atoms with van der Waals surface area (Å²) in [6.45, 7) is 3.76. The van der Waals surface area contributed by atoms with Crippen LogP contribution in [0.5, 0.6) is 0 Å². The molecule has 194 valence electrons. The number of nitrogens with two attached hydrogens (primary N) is 1. The van der Waals surface area contributed by atoms with Crippen molar-refractivity contribution in [2.24, 2.45) is 16.6 Å². The fraction of sp³-hybridized carbons (Fsp3) is 0.789. The Bertz CT molecular complexity index is 765. The molecule has 3 amide bonds. The maximum Gasteiger partial charge on any atom is 0.326 e. The molecule has 34 heavy (non-hydrogen) atoms. The molecule has 0 aromatic heterocycles. The molecule has 1 saturated carbocycles. The van der Waals surface area contributed by atoms with Crippen molar-refractivity contribution in [1.82, 2.24) is 21.3 Å². The van der Waals surface area contributed by atoms with Crippen molar-refractivity contribution in [1.29, 1.82) is 0 Å². The summed E-state index contributed by atoms with van der Waals surface area (Å²) in [4.78, 5) is 40.9. The molecule has 0 spiro atoms. The molecule has 9 atom stereocenters. The summed E-state index contributed by atoms with van der Waals surface area (Å²) < 4.78 is 0. The number of nitrogens with one attached hydrogen (secondary N) is 4. The third kappa shape index (κ3) is 6.89. The highest BCUT2D eigenvalue weighted by molar-refractivity contribution is 5.89. The van der Waals surface area contributed by atoms with E-state index in [9.17, 15) is 45.0 Å². The van der Waals surface area contributed by atoms with Crippen LogP contribution < -0.4 is 27.0 Å². The zero-order valence-corrected chi connectivity index (χ0v) is 18.8. The monoisotopic (exact) mass is 490 g/mol. The van der Waals surface area contributed by atoms with Crippen LogP contribution in [0.4, 0.5) is 4.79 Å². The van der Waals surface area contributed by atoms with Crippen molar-refractivity contribution < 1.29 is 45.0 Å². The quantitative estimate of drug-likeness (QED) is 0.146. The van der Waals surface area contributed by atoms with E-state index in [1.165, 1.54) is 0 Å². The highest BCUT2D eigenvalue weighted by atomic mass is 16.4. The maximum absolute atomic E-state index is 13.0. The Hall–Kier alpha value is -2.72. The molecule has 2 aliphatic rings. The molecular formula is C19H34N6O9. The standard InChI is InChI=1S/C19H34N6O9/c1-6(2)3-9(17(32)33)24-19(34)23-8(4-7-5-21-18(20)22-7)16(31)25-10-11(26)13(28)15(30)14(29)12(10)27/h6-15,26-30H,3-5H2,1-2H3,(H,25,31)(H,32,33)(H3,20,21,22)(H2,23,24,34)/t7?,8?,9?,10?,11-,12-,13-,14+,15?/m0/s1. The molecule has 1 heterocycles. The van der Waals surface area contributed by atoms with Gasteiger partial charge in [-0.1, -0.05) is 13.8 Å². The molecule has 0 saturated heterocycles. The van der Waals surface area contributed by atoms with Crippen LogP contribution in [0.3, 0.4) is 0 Å². The first-order valence-corrected chi connectivity index (χ1v) is 10.9. The van der Waals surface area contributed by atoms with E-state index < -0.39 is 72.6 Å². The van der Waals surface area contributed by atoms with E-state index >= 15 is 0 Å². The van der Waals surface area contributed by atoms with Crippen LogP contribution in [0.25, 0.3) is 0 Å². The molecule has 15 heteroatoms. The molecule has 0 aromatic carbocycles. The lowest BCUT2D eigenvalue weighted by Gasteiger charge is -2.42. The minimum atomic E-state index is -1.85. The number of nitrogens with zero attached hydrogens (tertiary/aromatic N) is 1. The highest BCUT2D eigenvalue weighted by Gasteiger charge is 2.49. The van der Waals surface area contributed by atoms with Gasteiger partial charge in [-0.05, 0) is 18.8 Å². The summed E-state index contributed by atoms with van der Waals surface area (Å²) >= 11 is 0. The lowest BCUT2D eigenvalue weighted by Crippen LogP contribution is -2.69. The normalized spacial score (nSPS) is 32.8. The molecule has 2 rings (SSSR count). The Morgan fingerprint density at radius 1 is 1.00 bits per heavy atom. The second-order valence-electron chi connectivity index (χ2n) is 8.98. The van der Waals surface area contributed by atoms with Crippen molar-refractivity contribution in [3.05, 3.63) is 0 Å². The SMILES string of the molecule is CC(C)CC(NC(=O)NC(CC1CN=C(N)N1)C(=O)NC1[C@H](O)[C@H](O)C(O)[C@H](O)[C@H]1O)C(=O)O. The fourth-order valence-electron chi connectivity index (χ4n) is 3.88. The first-order chi connectivity index (χ1) is 15.8. The number of hydrogen-bond donors (Lipinski definition) is 11. The molecule has 1 aliphatic heterocycles. The summed E-state index contributed by atoms with van der Waals surface area (Å²) in [7, 11) is 0. The number of amides is 3. The Labute approximate surface area is 195 Å². The Morgan fingerprint density at radius 3 is 2.00 bits per heavy atom. The molecule has 1 aliphatic carbocycles. The van der Waals surface area contributed by atoms with Crippen molar-refractivity contribution in [3.8, 4) is 0 Å². The second-order valence-corrected chi connectivity index (χ2v) is 8.98. The van der Waals surface area contributed by atoms with Gasteiger partial charge in [-0.25, -0.2) is 9.59 Å². The number of carboxylic acid groups (broad SMARTS) is 1. The summed E-state index contributed by atoms with van der Waals surface area (Å²) in [6, 6.07) is -5.49. The van der Waals surface area contributed by atoms with Crippen LogP contribution in [0.1, 0.15) is 26.7 Å². The first-order valence-electron chi connectivity index (χ1n) is 10.9. The van der Waals surface area contributed by atoms with Gasteiger partial charge in [-0.2, -0.15) is 0 Å². The van der Waals surface area contributed by atoms with E-state index in [-0.39, 0.29) is 31.3 Å². The Morgan fingerprint density at radius 2 is 1.53 bits per heavy atom. The average Bonchev–Trinajstić information content (AvgIpc) is 3.17. The van der Waals surface area contributed by atoms with Gasteiger partial charge in [-0.3, -0.25) is 9.79 Å². The van der Waals surface area contributed by atoms with Gasteiger partial charge in [0.15, 0.2) is 5.96 Å². The molecular weight excluding hydrogens is 456 g/mol. The highest BCUT2D eigenvalue weighted by Crippen LogP contribution is 2.22. The van der Waals surface area contributed by atoms with Crippen LogP contribution in [-0.2, 0) is 9.59 Å². The summed E-state index contributed by atoms with van der Waals surface area (Å²) in [5, 5.41) is 68.9. The predicted molar refractivity (Wildman–Crippen MR) is 116 cm³/mol. The zero-order valence-electron chi connectivity index (χ0n) is 18.8. The van der Waals surface area contributed by atoms with Gasteiger partial charge in [0, 0.05) is 0 Å². The number of rotatable bonds is 9. The van der Waals surface area contributed by atoms with Gasteiger partial charge in [0.1, 0.15) is 42.6 Å². The third-order valence-electron chi connectivity index (χ3n) is 5.73. The van der Waals surface area contributed by atoms with Gasteiger partial charge in [0.2, 0.25) is 5.91 Å². The number of aliphatic carboxylic acids is 1. The van der Waals surface area contributed by atoms with Crippen LogP contribution in [0.2, 0.25) is 0 Å². The smallest absolute Gasteiger partial charge is 0.326 e. The van der Waals surface area contributed by atoms with Gasteiger partial charge in [0.05, 0.1) is 18.6 Å². The van der Waals surface area contributed by atoms with Gasteiger partial charge >= 0.3 is 12.0 Å². The number of aliphatic hydroxyl groups excluding tert-OH is 5. The lowest BCUT2D eigenvalue weighted by molar-refractivity contribution is -0.191. The number of hydrogen-bond acceptors (Lipinski definition) is 11. The number of carboxylic acids is 1. The number of urea groups is 1. The summed E-state index contributed by atoms with van der Waals surface area (Å²) in [6.07, 6.45) is -9.10. The lowest BCUT2D eigenvalue weighted by atomic mass is 9.83. The molecule has 0 bridgehead atoms. The van der Waals surface area contributed by atoms with E-state index in [0.717, 1.165) is 0 Å². The number of guanidine groups is 1. The van der Waals surface area contributed by atoms with Crippen molar-refractivity contribution in [2.75, 3.05) is 6.54 Å². The van der Waals surface area contributed by atoms with E-state index in [0.29, 0.717) is 0 Å². The molecule has 15 nitrogen and oxygen atoms in total. The van der Waals surface area contributed by atoms with E-state index in [1.807, 2.05) is 0 Å². The fourth-order valence-corrected chi connectivity index (χ4v) is 3.88. The predicted octanol–water partition coefficient (Wildman–Crippen LogP) is -4.87. The Kier molecular flexibility index (Phi) is 9.40. The van der Waals surface area contributed by atoms with Gasteiger partial charge in [0.25, 0.3) is 0 Å². The van der Waals surface area contributed by atoms with Crippen molar-refractivity contribution in [3.63, 3.8) is 0 Å². The average molecular weight is 491 g/mol. The number of aliphatic imine (C=N–C) groups is 1. The number of carbonyl (C=O) groups excluding carboxylic acids is 2. The van der Waals surface area contributed by atoms with E-state index in [1.54, 1.807) is 13.8 Å². The molecule has 5 unspecified atom stereocenters. The van der Waals surface area contributed by atoms with Gasteiger partial charge in [-0.15, -0.1) is 0 Å². The molecule has 0 radical (unpaired) electrons. The third-order valence-corrected chi connectivity index (χ3v) is 5.73. The van der Waals surface area contributed by atoms with Crippen LogP contribution in [-0.4, -0.2) is 116 Å². The zero-order chi connectivity index (χ0) is 25.7. The van der Waals surface area contributed by atoms with Crippen molar-refractivity contribution >= 4 is 23.9 Å². The largest absolute Gasteiger partial charge is 0.480 e. The minimum Gasteiger partial charge on any atom is -0.480 e. The van der Waals surface area contributed by atoms with Crippen LogP contribution in [0, 0.1) is 5.92 Å². The van der Waals surface area contributed by atoms with Crippen molar-refractivity contribution in [2.45, 2.75) is 81.4 Å². The van der Waals surface area contributed by atoms with E-state index in [2.05, 4.69) is 26.3 Å². The topological polar surface area (TPSA) is 259 Å². The molecule has 12 N–H and O–H groups in total. The second kappa shape index (κ2) is 11.6. The molecule has 1 fully saturated rings. The van der Waals surface area contributed by atoms with Crippen LogP contribution >= 0.6 is 0 Å². The maximum atomic E-state index is 13.0. The minimum absolute atomic E-state index is 0.0363. The molecule has 0 aromatic rings.